The quantitative estimate of drug-likeness (QED) is 0.0211. The highest BCUT2D eigenvalue weighted by Gasteiger charge is 2.27. The number of hydrogen-bond donors (Lipinski definition) is 1. The molecule has 0 aromatic carbocycles. The van der Waals surface area contributed by atoms with E-state index in [0.29, 0.717) is 17.4 Å². The number of unbranched alkanes of at least 4 members (excludes halogenated alkanes) is 21. The highest BCUT2D eigenvalue weighted by Crippen LogP contribution is 2.43. The van der Waals surface area contributed by atoms with Gasteiger partial charge in [-0.25, -0.2) is 4.57 Å². The molecule has 0 radical (unpaired) electrons. The molecule has 0 bridgehead atoms. The summed E-state index contributed by atoms with van der Waals surface area (Å²) >= 11 is 0. The molecule has 0 amide bonds. The molecule has 0 spiro atoms. The fourth-order valence-corrected chi connectivity index (χ4v) is 7.66. The summed E-state index contributed by atoms with van der Waals surface area (Å²) < 4.78 is 34.5. The third-order valence-corrected chi connectivity index (χ3v) is 12.0. The molecule has 0 aliphatic carbocycles. The average Bonchev–Trinajstić information content (AvgIpc) is 3.26. The third-order valence-electron chi connectivity index (χ3n) is 11.0. The van der Waals surface area contributed by atoms with E-state index >= 15 is 0 Å². The van der Waals surface area contributed by atoms with Crippen LogP contribution in [0.5, 0.6) is 0 Å². The summed E-state index contributed by atoms with van der Waals surface area (Å²) in [6, 6.07) is 0. The van der Waals surface area contributed by atoms with Crippen LogP contribution in [0.3, 0.4) is 0 Å². The van der Waals surface area contributed by atoms with E-state index in [1.165, 1.54) is 89.9 Å². The molecule has 0 aromatic rings. The fourth-order valence-electron chi connectivity index (χ4n) is 6.92. The van der Waals surface area contributed by atoms with Crippen LogP contribution >= 0.6 is 7.82 Å². The van der Waals surface area contributed by atoms with Crippen molar-refractivity contribution in [2.45, 2.75) is 219 Å². The van der Waals surface area contributed by atoms with Crippen LogP contribution in [-0.2, 0) is 32.7 Å². The number of phosphoric acid groups is 1. The summed E-state index contributed by atoms with van der Waals surface area (Å²) in [5, 5.41) is 0. The van der Waals surface area contributed by atoms with E-state index in [1.807, 2.05) is 21.1 Å². The molecular weight excluding hydrogens is 834 g/mol. The summed E-state index contributed by atoms with van der Waals surface area (Å²) in [5.74, 6) is -0.812. The van der Waals surface area contributed by atoms with Gasteiger partial charge in [-0.2, -0.15) is 0 Å². The predicted molar refractivity (Wildman–Crippen MR) is 275 cm³/mol. The fraction of sp³-hybridized carbons (Fsp3) is 0.745. The minimum atomic E-state index is -4.39. The van der Waals surface area contributed by atoms with Gasteiger partial charge in [0.2, 0.25) is 0 Å². The van der Waals surface area contributed by atoms with Crippen molar-refractivity contribution in [1.29, 1.82) is 0 Å². The molecule has 9 nitrogen and oxygen atoms in total. The maximum absolute atomic E-state index is 12.8. The van der Waals surface area contributed by atoms with Gasteiger partial charge in [0, 0.05) is 12.8 Å². The lowest BCUT2D eigenvalue weighted by molar-refractivity contribution is -0.870. The Bertz CT molecular complexity index is 1330. The molecule has 2 atom stereocenters. The third kappa shape index (κ3) is 50.7. The largest absolute Gasteiger partial charge is 0.472 e. The molecule has 0 rings (SSSR count). The Labute approximate surface area is 399 Å². The highest BCUT2D eigenvalue weighted by molar-refractivity contribution is 7.47. The normalized spacial score (nSPS) is 14.0. The van der Waals surface area contributed by atoms with Gasteiger partial charge in [0.1, 0.15) is 19.8 Å². The topological polar surface area (TPSA) is 108 Å². The SMILES string of the molecule is CC/C=C\C/C=C\C/C=C\C/C=C\CCCCCCCCCCCCC(=O)OC(COC(=O)CCCCCCCCC/C=C\C/C=C\CCCCCC)COP(=O)(O)OCC[N+](C)(C)C. The molecule has 0 aliphatic rings. The van der Waals surface area contributed by atoms with Gasteiger partial charge >= 0.3 is 19.8 Å². The van der Waals surface area contributed by atoms with Gasteiger partial charge < -0.3 is 18.9 Å². The standard InChI is InChI=1S/C55H98NO8P/c1-6-8-10-12-14-16-18-20-22-24-26-27-28-29-30-32-34-36-38-40-42-44-46-48-55(58)64-53(52-63-65(59,60)62-50-49-56(3,4)5)51-61-54(57)47-45-43-41-39-37-35-33-31-25-23-21-19-17-15-13-11-9-7-2/h8,10,14,16-17,19-20,22-23,25-27,53H,6-7,9,11-13,15,18,21,24,28-52H2,1-5H3/p+1/b10-8-,16-14-,19-17-,22-20-,25-23-,27-26-. The Morgan fingerprint density at radius 1 is 0.492 bits per heavy atom. The summed E-state index contributed by atoms with van der Waals surface area (Å²) in [6.07, 6.45) is 59.5. The van der Waals surface area contributed by atoms with Crippen LogP contribution in [0, 0.1) is 0 Å². The van der Waals surface area contributed by atoms with Crippen LogP contribution in [-0.4, -0.2) is 74.9 Å². The van der Waals surface area contributed by atoms with Crippen molar-refractivity contribution in [3.8, 4) is 0 Å². The smallest absolute Gasteiger partial charge is 0.462 e. The number of phosphoric ester groups is 1. The van der Waals surface area contributed by atoms with Crippen LogP contribution in [0.1, 0.15) is 213 Å². The van der Waals surface area contributed by atoms with Gasteiger partial charge in [-0.05, 0) is 83.5 Å². The first kappa shape index (κ1) is 62.4. The molecule has 2 unspecified atom stereocenters. The van der Waals surface area contributed by atoms with Crippen LogP contribution in [0.4, 0.5) is 0 Å². The minimum absolute atomic E-state index is 0.0265. The van der Waals surface area contributed by atoms with Crippen LogP contribution in [0.15, 0.2) is 72.9 Å². The second-order valence-electron chi connectivity index (χ2n) is 18.5. The Morgan fingerprint density at radius 3 is 1.31 bits per heavy atom. The molecule has 65 heavy (non-hydrogen) atoms. The van der Waals surface area contributed by atoms with Crippen molar-refractivity contribution in [2.75, 3.05) is 47.5 Å². The van der Waals surface area contributed by atoms with E-state index < -0.39 is 26.5 Å². The highest BCUT2D eigenvalue weighted by atomic mass is 31.2. The van der Waals surface area contributed by atoms with Gasteiger partial charge in [0.05, 0.1) is 27.7 Å². The lowest BCUT2D eigenvalue weighted by atomic mass is 10.0. The number of nitrogens with zero attached hydrogens (tertiary/aromatic N) is 1. The van der Waals surface area contributed by atoms with Crippen LogP contribution < -0.4 is 0 Å². The first-order valence-corrected chi connectivity index (χ1v) is 27.7. The zero-order chi connectivity index (χ0) is 47.8. The van der Waals surface area contributed by atoms with Gasteiger partial charge in [0.15, 0.2) is 6.10 Å². The first-order valence-electron chi connectivity index (χ1n) is 26.2. The van der Waals surface area contributed by atoms with Crippen molar-refractivity contribution < 1.29 is 42.1 Å². The zero-order valence-electron chi connectivity index (χ0n) is 42.5. The van der Waals surface area contributed by atoms with E-state index in [2.05, 4.69) is 86.8 Å². The molecule has 0 heterocycles. The summed E-state index contributed by atoms with van der Waals surface area (Å²) in [5.41, 5.74) is 0. The lowest BCUT2D eigenvalue weighted by Crippen LogP contribution is -2.37. The summed E-state index contributed by atoms with van der Waals surface area (Å²) in [4.78, 5) is 35.6. The van der Waals surface area contributed by atoms with Crippen molar-refractivity contribution in [1.82, 2.24) is 0 Å². The van der Waals surface area contributed by atoms with E-state index in [0.717, 1.165) is 89.9 Å². The molecule has 10 heteroatoms. The number of rotatable bonds is 47. The first-order chi connectivity index (χ1) is 31.5. The average molecular weight is 933 g/mol. The molecule has 376 valence electrons. The monoisotopic (exact) mass is 933 g/mol. The maximum Gasteiger partial charge on any atom is 0.472 e. The number of quaternary nitrogens is 1. The Morgan fingerprint density at radius 2 is 0.877 bits per heavy atom. The number of likely N-dealkylation sites (N-methyl/N-ethyl adjacent to an activating group) is 1. The van der Waals surface area contributed by atoms with Gasteiger partial charge in [-0.15, -0.1) is 0 Å². The number of carbonyl (C=O) groups excluding carboxylic acids is 2. The molecule has 1 N–H and O–H groups in total. The molecule has 0 aromatic heterocycles. The Kier molecular flexibility index (Phi) is 44.7. The van der Waals surface area contributed by atoms with Crippen molar-refractivity contribution in [3.63, 3.8) is 0 Å². The zero-order valence-corrected chi connectivity index (χ0v) is 43.3. The number of esters is 2. The van der Waals surface area contributed by atoms with E-state index in [9.17, 15) is 19.0 Å². The number of allylic oxidation sites excluding steroid dienone is 12. The molecule has 0 aliphatic heterocycles. The second-order valence-corrected chi connectivity index (χ2v) is 20.0. The number of carbonyl (C=O) groups is 2. The van der Waals surface area contributed by atoms with E-state index in [1.54, 1.807) is 0 Å². The predicted octanol–water partition coefficient (Wildman–Crippen LogP) is 15.8. The van der Waals surface area contributed by atoms with E-state index in [-0.39, 0.29) is 32.0 Å². The summed E-state index contributed by atoms with van der Waals surface area (Å²) in [7, 11) is 1.46. The molecule has 0 saturated carbocycles. The van der Waals surface area contributed by atoms with Crippen molar-refractivity contribution in [2.24, 2.45) is 0 Å². The maximum atomic E-state index is 12.8. The van der Waals surface area contributed by atoms with Crippen molar-refractivity contribution >= 4 is 19.8 Å². The van der Waals surface area contributed by atoms with Gasteiger partial charge in [-0.3, -0.25) is 18.6 Å². The molecule has 0 saturated heterocycles. The molecular formula is C55H99NO8P+. The van der Waals surface area contributed by atoms with E-state index in [4.69, 9.17) is 18.5 Å². The van der Waals surface area contributed by atoms with Gasteiger partial charge in [-0.1, -0.05) is 189 Å². The number of hydrogen-bond acceptors (Lipinski definition) is 7. The summed E-state index contributed by atoms with van der Waals surface area (Å²) in [6.45, 7) is 4.29. The van der Waals surface area contributed by atoms with Crippen LogP contribution in [0.25, 0.3) is 0 Å². The van der Waals surface area contributed by atoms with Gasteiger partial charge in [0.25, 0.3) is 0 Å². The Hall–Kier alpha value is -2.55. The second kappa shape index (κ2) is 46.6. The van der Waals surface area contributed by atoms with Crippen LogP contribution in [0.2, 0.25) is 0 Å². The number of ether oxygens (including phenoxy) is 2. The van der Waals surface area contributed by atoms with Crippen molar-refractivity contribution in [3.05, 3.63) is 72.9 Å². The molecule has 0 fully saturated rings. The Balaban J connectivity index is 4.26. The lowest BCUT2D eigenvalue weighted by Gasteiger charge is -2.24. The minimum Gasteiger partial charge on any atom is -0.462 e.